The van der Waals surface area contributed by atoms with Crippen molar-refractivity contribution in [2.24, 2.45) is 11.7 Å². The fraction of sp³-hybridized carbons (Fsp3) is 0.733. The molecule has 142 valence electrons. The van der Waals surface area contributed by atoms with E-state index in [2.05, 4.69) is 23.3 Å². The Labute approximate surface area is 152 Å². The third-order valence-corrected chi connectivity index (χ3v) is 4.44. The zero-order chi connectivity index (χ0) is 19.1. The maximum absolute atomic E-state index is 12.5. The molecule has 0 saturated carbocycles. The number of amides is 3. The van der Waals surface area contributed by atoms with Crippen LogP contribution in [0.2, 0.25) is 0 Å². The van der Waals surface area contributed by atoms with Crippen LogP contribution in [-0.2, 0) is 19.2 Å². The summed E-state index contributed by atoms with van der Waals surface area (Å²) in [7, 11) is 0. The molecule has 3 unspecified atom stereocenters. The van der Waals surface area contributed by atoms with Gasteiger partial charge in [0.25, 0.3) is 0 Å². The summed E-state index contributed by atoms with van der Waals surface area (Å²) < 4.78 is 0. The molecule has 0 spiro atoms. The van der Waals surface area contributed by atoms with Crippen LogP contribution in [0.3, 0.4) is 0 Å². The number of carbonyl (C=O) groups is 4. The first kappa shape index (κ1) is 21.2. The van der Waals surface area contributed by atoms with Crippen LogP contribution in [0, 0.1) is 5.92 Å². The fourth-order valence-corrected chi connectivity index (χ4v) is 2.78. The molecular weight excluding hydrogens is 348 g/mol. The van der Waals surface area contributed by atoms with Crippen LogP contribution in [0.5, 0.6) is 0 Å². The van der Waals surface area contributed by atoms with E-state index in [4.69, 9.17) is 10.8 Å². The van der Waals surface area contributed by atoms with Gasteiger partial charge in [-0.3, -0.25) is 19.2 Å². The first-order valence-electron chi connectivity index (χ1n) is 8.15. The molecule has 1 rings (SSSR count). The quantitative estimate of drug-likeness (QED) is 0.330. The minimum atomic E-state index is -1.19. The van der Waals surface area contributed by atoms with Crippen LogP contribution in [0.4, 0.5) is 0 Å². The second-order valence-corrected chi connectivity index (χ2v) is 6.68. The lowest BCUT2D eigenvalue weighted by atomic mass is 10.0. The highest BCUT2D eigenvalue weighted by molar-refractivity contribution is 7.80. The molecule has 0 aliphatic carbocycles. The van der Waals surface area contributed by atoms with E-state index in [-0.39, 0.29) is 17.6 Å². The maximum atomic E-state index is 12.5. The van der Waals surface area contributed by atoms with Gasteiger partial charge in [0.15, 0.2) is 0 Å². The summed E-state index contributed by atoms with van der Waals surface area (Å²) in [6.45, 7) is 3.55. The van der Waals surface area contributed by atoms with Crippen molar-refractivity contribution in [1.29, 1.82) is 0 Å². The lowest BCUT2D eigenvalue weighted by Crippen LogP contribution is -2.56. The SMILES string of the molecule is CC(C)C(N)C(=O)N1CCCC1C(=O)NC(CS)C(=O)NCC(=O)O. The highest BCUT2D eigenvalue weighted by atomic mass is 32.1. The van der Waals surface area contributed by atoms with E-state index in [1.54, 1.807) is 0 Å². The summed E-state index contributed by atoms with van der Waals surface area (Å²) in [4.78, 5) is 48.8. The topological polar surface area (TPSA) is 142 Å². The van der Waals surface area contributed by atoms with E-state index in [0.29, 0.717) is 19.4 Å². The number of nitrogens with zero attached hydrogens (tertiary/aromatic N) is 1. The number of hydrogen-bond donors (Lipinski definition) is 5. The van der Waals surface area contributed by atoms with Gasteiger partial charge in [-0.05, 0) is 18.8 Å². The van der Waals surface area contributed by atoms with E-state index in [0.717, 1.165) is 0 Å². The van der Waals surface area contributed by atoms with E-state index >= 15 is 0 Å². The van der Waals surface area contributed by atoms with Crippen LogP contribution in [0.1, 0.15) is 26.7 Å². The Morgan fingerprint density at radius 1 is 1.32 bits per heavy atom. The Bertz CT molecular complexity index is 528. The van der Waals surface area contributed by atoms with Crippen molar-refractivity contribution >= 4 is 36.3 Å². The van der Waals surface area contributed by atoms with Gasteiger partial charge in [0, 0.05) is 12.3 Å². The Balaban J connectivity index is 2.71. The van der Waals surface area contributed by atoms with Crippen molar-refractivity contribution in [3.8, 4) is 0 Å². The van der Waals surface area contributed by atoms with Gasteiger partial charge in [-0.15, -0.1) is 0 Å². The number of carboxylic acids is 1. The average Bonchev–Trinajstić information content (AvgIpc) is 3.05. The standard InChI is InChI=1S/C15H26N4O5S/c1-8(2)12(16)15(24)19-5-3-4-10(19)14(23)18-9(7-25)13(22)17-6-11(20)21/h8-10,12,25H,3-7,16H2,1-2H3,(H,17,22)(H,18,23)(H,20,21). The van der Waals surface area contributed by atoms with E-state index in [9.17, 15) is 19.2 Å². The second-order valence-electron chi connectivity index (χ2n) is 6.31. The second kappa shape index (κ2) is 9.62. The largest absolute Gasteiger partial charge is 0.480 e. The predicted molar refractivity (Wildman–Crippen MR) is 94.0 cm³/mol. The first-order valence-corrected chi connectivity index (χ1v) is 8.79. The van der Waals surface area contributed by atoms with Gasteiger partial charge in [0.05, 0.1) is 6.04 Å². The molecule has 1 fully saturated rings. The summed E-state index contributed by atoms with van der Waals surface area (Å²) in [6.07, 6.45) is 1.16. The molecule has 0 bridgehead atoms. The molecule has 9 nitrogen and oxygen atoms in total. The molecular formula is C15H26N4O5S. The van der Waals surface area contributed by atoms with Crippen molar-refractivity contribution in [3.05, 3.63) is 0 Å². The van der Waals surface area contributed by atoms with E-state index in [1.807, 2.05) is 13.8 Å². The normalized spacial score (nSPS) is 19.4. The van der Waals surface area contributed by atoms with E-state index in [1.165, 1.54) is 4.90 Å². The molecule has 0 aromatic carbocycles. The van der Waals surface area contributed by atoms with Gasteiger partial charge in [-0.2, -0.15) is 12.6 Å². The van der Waals surface area contributed by atoms with Crippen LogP contribution in [0.25, 0.3) is 0 Å². The van der Waals surface area contributed by atoms with Crippen LogP contribution < -0.4 is 16.4 Å². The summed E-state index contributed by atoms with van der Waals surface area (Å²) in [5.74, 6) is -2.63. The minimum Gasteiger partial charge on any atom is -0.480 e. The molecule has 25 heavy (non-hydrogen) atoms. The number of likely N-dealkylation sites (tertiary alicyclic amines) is 1. The van der Waals surface area contributed by atoms with Crippen molar-refractivity contribution in [3.63, 3.8) is 0 Å². The molecule has 1 saturated heterocycles. The number of carbonyl (C=O) groups excluding carboxylic acids is 3. The molecule has 0 radical (unpaired) electrons. The summed E-state index contributed by atoms with van der Waals surface area (Å²) >= 11 is 4.02. The number of carboxylic acid groups (broad SMARTS) is 1. The van der Waals surface area contributed by atoms with Gasteiger partial charge >= 0.3 is 5.97 Å². The molecule has 1 heterocycles. The molecule has 1 aliphatic rings. The number of nitrogens with two attached hydrogens (primary N) is 1. The zero-order valence-electron chi connectivity index (χ0n) is 14.4. The lowest BCUT2D eigenvalue weighted by molar-refractivity contribution is -0.141. The fourth-order valence-electron chi connectivity index (χ4n) is 2.53. The molecule has 5 N–H and O–H groups in total. The Morgan fingerprint density at radius 3 is 2.48 bits per heavy atom. The lowest BCUT2D eigenvalue weighted by Gasteiger charge is -2.29. The molecule has 0 aromatic rings. The predicted octanol–water partition coefficient (Wildman–Crippen LogP) is -1.42. The molecule has 10 heteroatoms. The van der Waals surface area contributed by atoms with Gasteiger partial charge in [0.2, 0.25) is 17.7 Å². The summed E-state index contributed by atoms with van der Waals surface area (Å²) in [6, 6.07) is -2.36. The third kappa shape index (κ3) is 5.89. The van der Waals surface area contributed by atoms with Crippen molar-refractivity contribution in [2.75, 3.05) is 18.8 Å². The Kier molecular flexibility index (Phi) is 8.17. The van der Waals surface area contributed by atoms with Crippen molar-refractivity contribution < 1.29 is 24.3 Å². The number of nitrogens with one attached hydrogen (secondary N) is 2. The van der Waals surface area contributed by atoms with E-state index < -0.39 is 42.5 Å². The van der Waals surface area contributed by atoms with Crippen molar-refractivity contribution in [1.82, 2.24) is 15.5 Å². The molecule has 1 aliphatic heterocycles. The zero-order valence-corrected chi connectivity index (χ0v) is 15.3. The van der Waals surface area contributed by atoms with Gasteiger partial charge in [0.1, 0.15) is 18.6 Å². The van der Waals surface area contributed by atoms with Crippen LogP contribution in [0.15, 0.2) is 0 Å². The third-order valence-electron chi connectivity index (χ3n) is 4.07. The van der Waals surface area contributed by atoms with Crippen LogP contribution >= 0.6 is 12.6 Å². The number of thiol groups is 1. The van der Waals surface area contributed by atoms with Gasteiger partial charge in [-0.25, -0.2) is 0 Å². The monoisotopic (exact) mass is 374 g/mol. The molecule has 3 atom stereocenters. The summed E-state index contributed by atoms with van der Waals surface area (Å²) in [5, 5.41) is 13.3. The smallest absolute Gasteiger partial charge is 0.322 e. The highest BCUT2D eigenvalue weighted by Crippen LogP contribution is 2.20. The van der Waals surface area contributed by atoms with Gasteiger partial charge < -0.3 is 26.4 Å². The Hall–Kier alpha value is -1.81. The van der Waals surface area contributed by atoms with Crippen molar-refractivity contribution in [2.45, 2.75) is 44.8 Å². The number of rotatable bonds is 8. The summed E-state index contributed by atoms with van der Waals surface area (Å²) in [5.41, 5.74) is 5.89. The minimum absolute atomic E-state index is 0.00334. The first-order chi connectivity index (χ1) is 11.7. The average molecular weight is 374 g/mol. The number of aliphatic carboxylic acids is 1. The molecule has 0 aromatic heterocycles. The van der Waals surface area contributed by atoms with Gasteiger partial charge in [-0.1, -0.05) is 13.8 Å². The highest BCUT2D eigenvalue weighted by Gasteiger charge is 2.37. The maximum Gasteiger partial charge on any atom is 0.322 e. The Morgan fingerprint density at radius 2 is 1.96 bits per heavy atom. The van der Waals surface area contributed by atoms with Crippen LogP contribution in [-0.4, -0.2) is 70.7 Å². The molecule has 3 amide bonds. The number of hydrogen-bond acceptors (Lipinski definition) is 6.